The van der Waals surface area contributed by atoms with E-state index in [1.54, 1.807) is 18.2 Å². The lowest BCUT2D eigenvalue weighted by molar-refractivity contribution is -0.140. The third-order valence-electron chi connectivity index (χ3n) is 5.00. The van der Waals surface area contributed by atoms with Gasteiger partial charge in [-0.2, -0.15) is 4.31 Å². The monoisotopic (exact) mass is 415 g/mol. The Balaban J connectivity index is 2.06. The number of benzene rings is 1. The first-order valence-electron chi connectivity index (χ1n) is 9.38. The fourth-order valence-corrected chi connectivity index (χ4v) is 5.52. The van der Waals surface area contributed by atoms with Gasteiger partial charge in [-0.25, -0.2) is 8.42 Å². The first kappa shape index (κ1) is 22.1. The van der Waals surface area contributed by atoms with Gasteiger partial charge in [-0.05, 0) is 46.8 Å². The number of carbonyl (C=O) groups excluding carboxylic acids is 1. The van der Waals surface area contributed by atoms with Crippen LogP contribution in [0.25, 0.3) is 0 Å². The second-order valence-electron chi connectivity index (χ2n) is 7.48. The van der Waals surface area contributed by atoms with Crippen LogP contribution in [0.1, 0.15) is 34.6 Å². The predicted octanol–water partition coefficient (Wildman–Crippen LogP) is 2.68. The fourth-order valence-electron chi connectivity index (χ4n) is 3.60. The molecule has 0 N–H and O–H groups in total. The Labute approximate surface area is 168 Å². The van der Waals surface area contributed by atoms with Gasteiger partial charge >= 0.3 is 0 Å². The number of piperazine rings is 1. The first-order valence-corrected chi connectivity index (χ1v) is 11.2. The molecule has 1 aliphatic heterocycles. The van der Waals surface area contributed by atoms with Crippen LogP contribution in [-0.2, 0) is 14.8 Å². The molecule has 0 bridgehead atoms. The van der Waals surface area contributed by atoms with E-state index in [9.17, 15) is 13.2 Å². The van der Waals surface area contributed by atoms with Crippen LogP contribution in [0.4, 0.5) is 0 Å². The highest BCUT2D eigenvalue weighted by molar-refractivity contribution is 7.89. The molecule has 152 valence electrons. The van der Waals surface area contributed by atoms with Crippen molar-refractivity contribution in [3.63, 3.8) is 0 Å². The Kier molecular flexibility index (Phi) is 7.30. The standard InChI is InChI=1S/C19H30ClN3O3S/c1-14(2)23(15(3)4)19(24)16(5)21-10-12-22(13-11-21)27(25,26)18-9-7-6-8-17(18)20/h6-9,14-16H,10-13H2,1-5H3. The summed E-state index contributed by atoms with van der Waals surface area (Å²) in [5, 5.41) is 0.230. The maximum atomic E-state index is 12.9. The van der Waals surface area contributed by atoms with Crippen molar-refractivity contribution in [3.05, 3.63) is 29.3 Å². The molecule has 1 aromatic rings. The summed E-state index contributed by atoms with van der Waals surface area (Å²) in [4.78, 5) is 17.0. The molecule has 1 aromatic carbocycles. The highest BCUT2D eigenvalue weighted by Crippen LogP contribution is 2.25. The minimum absolute atomic E-state index is 0.0856. The molecule has 0 aliphatic carbocycles. The summed E-state index contributed by atoms with van der Waals surface area (Å²) in [7, 11) is -3.63. The smallest absolute Gasteiger partial charge is 0.244 e. The largest absolute Gasteiger partial charge is 0.336 e. The number of amides is 1. The topological polar surface area (TPSA) is 60.9 Å². The molecule has 1 fully saturated rings. The Bertz CT molecular complexity index is 751. The van der Waals surface area contributed by atoms with Crippen LogP contribution < -0.4 is 0 Å². The molecule has 1 unspecified atom stereocenters. The van der Waals surface area contributed by atoms with Gasteiger partial charge in [0.05, 0.1) is 11.1 Å². The van der Waals surface area contributed by atoms with Crippen molar-refractivity contribution in [2.24, 2.45) is 0 Å². The summed E-state index contributed by atoms with van der Waals surface area (Å²) in [6.07, 6.45) is 0. The van der Waals surface area contributed by atoms with E-state index in [2.05, 4.69) is 4.90 Å². The highest BCUT2D eigenvalue weighted by atomic mass is 35.5. The van der Waals surface area contributed by atoms with Crippen molar-refractivity contribution in [2.45, 2.75) is 57.6 Å². The predicted molar refractivity (Wildman–Crippen MR) is 108 cm³/mol. The van der Waals surface area contributed by atoms with Gasteiger partial charge < -0.3 is 4.90 Å². The van der Waals surface area contributed by atoms with Crippen molar-refractivity contribution in [1.82, 2.24) is 14.1 Å². The Hall–Kier alpha value is -1.15. The number of nitrogens with zero attached hydrogens (tertiary/aromatic N) is 3. The molecule has 27 heavy (non-hydrogen) atoms. The van der Waals surface area contributed by atoms with Crippen LogP contribution >= 0.6 is 11.6 Å². The number of carbonyl (C=O) groups is 1. The number of hydrogen-bond donors (Lipinski definition) is 0. The number of rotatable bonds is 6. The molecule has 1 amide bonds. The lowest BCUT2D eigenvalue weighted by atomic mass is 10.1. The lowest BCUT2D eigenvalue weighted by Gasteiger charge is -2.40. The van der Waals surface area contributed by atoms with Crippen molar-refractivity contribution in [2.75, 3.05) is 26.2 Å². The number of sulfonamides is 1. The van der Waals surface area contributed by atoms with E-state index < -0.39 is 10.0 Å². The van der Waals surface area contributed by atoms with Gasteiger partial charge in [0.25, 0.3) is 0 Å². The van der Waals surface area contributed by atoms with E-state index in [4.69, 9.17) is 11.6 Å². The molecule has 1 saturated heterocycles. The van der Waals surface area contributed by atoms with E-state index in [-0.39, 0.29) is 34.0 Å². The second-order valence-corrected chi connectivity index (χ2v) is 9.79. The van der Waals surface area contributed by atoms with Crippen molar-refractivity contribution < 1.29 is 13.2 Å². The molecule has 6 nitrogen and oxygen atoms in total. The molecule has 8 heteroatoms. The summed E-state index contributed by atoms with van der Waals surface area (Å²) < 4.78 is 27.2. The molecule has 2 rings (SSSR count). The third-order valence-corrected chi connectivity index (χ3v) is 7.40. The maximum Gasteiger partial charge on any atom is 0.244 e. The summed E-state index contributed by atoms with van der Waals surface area (Å²) in [5.41, 5.74) is 0. The zero-order chi connectivity index (χ0) is 20.4. The molecule has 0 spiro atoms. The van der Waals surface area contributed by atoms with E-state index >= 15 is 0 Å². The van der Waals surface area contributed by atoms with Gasteiger partial charge in [0.2, 0.25) is 15.9 Å². The SMILES string of the molecule is CC(C(=O)N(C(C)C)C(C)C)N1CCN(S(=O)(=O)c2ccccc2Cl)CC1. The van der Waals surface area contributed by atoms with Crippen LogP contribution in [0.2, 0.25) is 5.02 Å². The minimum Gasteiger partial charge on any atom is -0.336 e. The highest BCUT2D eigenvalue weighted by Gasteiger charge is 2.34. The fraction of sp³-hybridized carbons (Fsp3) is 0.632. The average molecular weight is 416 g/mol. The molecule has 1 aliphatic rings. The number of hydrogen-bond acceptors (Lipinski definition) is 4. The average Bonchev–Trinajstić information content (AvgIpc) is 2.60. The molecule has 1 heterocycles. The van der Waals surface area contributed by atoms with E-state index in [1.165, 1.54) is 10.4 Å². The van der Waals surface area contributed by atoms with Crippen molar-refractivity contribution >= 4 is 27.5 Å². The van der Waals surface area contributed by atoms with Gasteiger partial charge in [0, 0.05) is 38.3 Å². The third kappa shape index (κ3) is 4.83. The summed E-state index contributed by atoms with van der Waals surface area (Å²) in [6.45, 7) is 11.7. The van der Waals surface area contributed by atoms with Gasteiger partial charge in [-0.15, -0.1) is 0 Å². The summed E-state index contributed by atoms with van der Waals surface area (Å²) in [6, 6.07) is 6.46. The van der Waals surface area contributed by atoms with Crippen LogP contribution in [0.3, 0.4) is 0 Å². The quantitative estimate of drug-likeness (QED) is 0.716. The van der Waals surface area contributed by atoms with Crippen molar-refractivity contribution in [3.8, 4) is 0 Å². The number of halogens is 1. The van der Waals surface area contributed by atoms with Crippen LogP contribution in [-0.4, -0.2) is 72.7 Å². The Morgan fingerprint density at radius 2 is 1.52 bits per heavy atom. The summed E-state index contributed by atoms with van der Waals surface area (Å²) in [5.74, 6) is 0.0856. The van der Waals surface area contributed by atoms with E-state index in [1.807, 2.05) is 39.5 Å². The van der Waals surface area contributed by atoms with Gasteiger partial charge in [0.15, 0.2) is 0 Å². The molecular weight excluding hydrogens is 386 g/mol. The first-order chi connectivity index (χ1) is 12.6. The van der Waals surface area contributed by atoms with Crippen LogP contribution in [0.5, 0.6) is 0 Å². The van der Waals surface area contributed by atoms with Gasteiger partial charge in [-0.1, -0.05) is 23.7 Å². The molecule has 0 radical (unpaired) electrons. The van der Waals surface area contributed by atoms with Crippen LogP contribution in [0, 0.1) is 0 Å². The Morgan fingerprint density at radius 3 is 2.00 bits per heavy atom. The zero-order valence-electron chi connectivity index (χ0n) is 16.7. The second kappa shape index (κ2) is 8.90. The molecular formula is C19H30ClN3O3S. The summed E-state index contributed by atoms with van der Waals surface area (Å²) >= 11 is 6.08. The molecule has 1 atom stereocenters. The minimum atomic E-state index is -3.63. The maximum absolute atomic E-state index is 12.9. The van der Waals surface area contributed by atoms with E-state index in [0.717, 1.165) is 0 Å². The molecule has 0 saturated carbocycles. The normalized spacial score (nSPS) is 18.1. The van der Waals surface area contributed by atoms with E-state index in [0.29, 0.717) is 26.2 Å². The molecule has 0 aromatic heterocycles. The van der Waals surface area contributed by atoms with Crippen LogP contribution in [0.15, 0.2) is 29.2 Å². The Morgan fingerprint density at radius 1 is 1.00 bits per heavy atom. The van der Waals surface area contributed by atoms with Gasteiger partial charge in [0.1, 0.15) is 4.90 Å². The zero-order valence-corrected chi connectivity index (χ0v) is 18.3. The van der Waals surface area contributed by atoms with Gasteiger partial charge in [-0.3, -0.25) is 9.69 Å². The lowest BCUT2D eigenvalue weighted by Crippen LogP contribution is -2.57. The van der Waals surface area contributed by atoms with Crippen molar-refractivity contribution in [1.29, 1.82) is 0 Å².